The largest absolute Gasteiger partial charge is 0.382 e. The van der Waals surface area contributed by atoms with Crippen LogP contribution in [0.4, 0.5) is 79.0 Å². The van der Waals surface area contributed by atoms with Gasteiger partial charge in [-0.05, 0) is 0 Å². The van der Waals surface area contributed by atoms with Gasteiger partial charge in [0, 0.05) is 0 Å². The standard InChI is InChI=1S/C14F18/c15-2-1-3(16)6(18)10(23,24)11(25,26)7(1,19)8(20)5(4(2)17)9(21,22)13(29,30)14(31,32)12(8,27)28. The van der Waals surface area contributed by atoms with E-state index in [9.17, 15) is 70.2 Å². The molecule has 32 heavy (non-hydrogen) atoms. The van der Waals surface area contributed by atoms with E-state index in [0.717, 1.165) is 0 Å². The summed E-state index contributed by atoms with van der Waals surface area (Å²) in [5, 5.41) is 0. The third kappa shape index (κ3) is 1.84. The third-order valence-corrected chi connectivity index (χ3v) is 5.24. The maximum Gasteiger partial charge on any atom is 0.382 e. The van der Waals surface area contributed by atoms with Crippen LogP contribution in [0.2, 0.25) is 0 Å². The number of hydrogen-bond acceptors (Lipinski definition) is 0. The summed E-state index contributed by atoms with van der Waals surface area (Å²) in [6, 6.07) is 0. The minimum absolute atomic E-state index is 4.06. The Morgan fingerprint density at radius 1 is 0.375 bits per heavy atom. The van der Waals surface area contributed by atoms with Crippen molar-refractivity contribution in [3.05, 3.63) is 34.5 Å². The summed E-state index contributed by atoms with van der Waals surface area (Å²) in [6.45, 7) is 0. The molecule has 0 bridgehead atoms. The SMILES string of the molecule is FC1=C(F)C(F)(F)C(F)(F)C2(F)C1=C(F)C(F)=C1C(F)(F)C(F)(F)C(F)(F)C(F)(F)C12F. The summed E-state index contributed by atoms with van der Waals surface area (Å²) in [4.78, 5) is 0. The van der Waals surface area contributed by atoms with Crippen molar-refractivity contribution < 1.29 is 79.0 Å². The second-order valence-electron chi connectivity index (χ2n) is 6.77. The van der Waals surface area contributed by atoms with Crippen LogP contribution >= 0.6 is 0 Å². The fraction of sp³-hybridized carbons (Fsp3) is 0.571. The van der Waals surface area contributed by atoms with E-state index < -0.39 is 81.3 Å². The highest BCUT2D eigenvalue weighted by atomic mass is 19.4. The molecule has 182 valence electrons. The van der Waals surface area contributed by atoms with Gasteiger partial charge in [-0.1, -0.05) is 0 Å². The molecule has 0 aromatic carbocycles. The topological polar surface area (TPSA) is 0 Å². The van der Waals surface area contributed by atoms with Gasteiger partial charge in [-0.15, -0.1) is 0 Å². The van der Waals surface area contributed by atoms with Gasteiger partial charge >= 0.3 is 35.5 Å². The lowest BCUT2D eigenvalue weighted by atomic mass is 9.56. The molecule has 0 aliphatic heterocycles. The Kier molecular flexibility index (Phi) is 4.25. The Morgan fingerprint density at radius 2 is 0.812 bits per heavy atom. The molecule has 3 aliphatic carbocycles. The molecule has 0 spiro atoms. The van der Waals surface area contributed by atoms with Gasteiger partial charge in [0.2, 0.25) is 5.83 Å². The molecule has 0 saturated heterocycles. The zero-order valence-electron chi connectivity index (χ0n) is 13.8. The van der Waals surface area contributed by atoms with Gasteiger partial charge in [-0.3, -0.25) is 0 Å². The predicted octanol–water partition coefficient (Wildman–Crippen LogP) is 6.85. The molecule has 3 aliphatic rings. The van der Waals surface area contributed by atoms with Gasteiger partial charge in [0.25, 0.3) is 11.3 Å². The average Bonchev–Trinajstić information content (AvgIpc) is 2.62. The highest BCUT2D eigenvalue weighted by molar-refractivity contribution is 5.64. The summed E-state index contributed by atoms with van der Waals surface area (Å²) in [5.74, 6) is -62.7. The summed E-state index contributed by atoms with van der Waals surface area (Å²) >= 11 is 0. The summed E-state index contributed by atoms with van der Waals surface area (Å²) in [6.07, 6.45) is 0. The predicted molar refractivity (Wildman–Crippen MR) is 62.9 cm³/mol. The zero-order chi connectivity index (χ0) is 25.5. The minimum atomic E-state index is -8.02. The Hall–Kier alpha value is -2.04. The third-order valence-electron chi connectivity index (χ3n) is 5.24. The van der Waals surface area contributed by atoms with Crippen LogP contribution in [0, 0.1) is 0 Å². The number of allylic oxidation sites excluding steroid dienone is 6. The first kappa shape index (κ1) is 24.6. The van der Waals surface area contributed by atoms with Gasteiger partial charge < -0.3 is 0 Å². The van der Waals surface area contributed by atoms with E-state index in [1.807, 2.05) is 0 Å². The first-order valence-corrected chi connectivity index (χ1v) is 7.40. The van der Waals surface area contributed by atoms with Crippen molar-refractivity contribution in [2.45, 2.75) is 46.9 Å². The van der Waals surface area contributed by atoms with Crippen LogP contribution in [0.25, 0.3) is 0 Å². The highest BCUT2D eigenvalue weighted by Crippen LogP contribution is 2.76. The highest BCUT2D eigenvalue weighted by Gasteiger charge is 3.02. The lowest BCUT2D eigenvalue weighted by molar-refractivity contribution is -0.427. The lowest BCUT2D eigenvalue weighted by Gasteiger charge is -2.58. The second kappa shape index (κ2) is 5.53. The molecule has 2 atom stereocenters. The summed E-state index contributed by atoms with van der Waals surface area (Å²) in [5.41, 5.74) is -24.1. The molecule has 0 radical (unpaired) electrons. The van der Waals surface area contributed by atoms with E-state index in [4.69, 9.17) is 0 Å². The summed E-state index contributed by atoms with van der Waals surface area (Å²) in [7, 11) is 0. The zero-order valence-corrected chi connectivity index (χ0v) is 13.8. The van der Waals surface area contributed by atoms with E-state index in [-0.39, 0.29) is 0 Å². The number of halogens is 18. The number of hydrogen-bond donors (Lipinski definition) is 0. The smallest absolute Gasteiger partial charge is 0.227 e. The van der Waals surface area contributed by atoms with Crippen molar-refractivity contribution >= 4 is 0 Å². The Balaban J connectivity index is 2.71. The number of alkyl halides is 14. The van der Waals surface area contributed by atoms with Crippen molar-refractivity contribution in [1.29, 1.82) is 0 Å². The molecule has 0 aromatic rings. The van der Waals surface area contributed by atoms with Gasteiger partial charge in [0.1, 0.15) is 0 Å². The van der Waals surface area contributed by atoms with Crippen LogP contribution < -0.4 is 0 Å². The van der Waals surface area contributed by atoms with Crippen molar-refractivity contribution in [1.82, 2.24) is 0 Å². The summed E-state index contributed by atoms with van der Waals surface area (Å²) < 4.78 is 251. The molecule has 18 heteroatoms. The first-order valence-electron chi connectivity index (χ1n) is 7.40. The molecule has 0 nitrogen and oxygen atoms in total. The Morgan fingerprint density at radius 3 is 1.25 bits per heavy atom. The van der Waals surface area contributed by atoms with Crippen LogP contribution in [-0.4, -0.2) is 46.9 Å². The molecule has 3 rings (SSSR count). The maximum absolute atomic E-state index is 15.2. The van der Waals surface area contributed by atoms with Gasteiger partial charge in [-0.25, -0.2) is 26.3 Å². The molecular weight excluding hydrogens is 510 g/mol. The first-order chi connectivity index (χ1) is 13.9. The van der Waals surface area contributed by atoms with Crippen molar-refractivity contribution in [3.63, 3.8) is 0 Å². The van der Waals surface area contributed by atoms with Crippen LogP contribution in [0.15, 0.2) is 34.5 Å². The molecule has 2 unspecified atom stereocenters. The van der Waals surface area contributed by atoms with Gasteiger partial charge in [-0.2, -0.15) is 52.7 Å². The average molecular weight is 510 g/mol. The fourth-order valence-corrected chi connectivity index (χ4v) is 3.58. The lowest BCUT2D eigenvalue weighted by Crippen LogP contribution is -2.85. The van der Waals surface area contributed by atoms with Crippen LogP contribution in [0.5, 0.6) is 0 Å². The quantitative estimate of drug-likeness (QED) is 0.313. The van der Waals surface area contributed by atoms with E-state index in [1.165, 1.54) is 0 Å². The van der Waals surface area contributed by atoms with E-state index in [0.29, 0.717) is 0 Å². The number of fused-ring (bicyclic) bond motifs is 3. The van der Waals surface area contributed by atoms with Crippen LogP contribution in [0.3, 0.4) is 0 Å². The maximum atomic E-state index is 15.2. The monoisotopic (exact) mass is 510 g/mol. The van der Waals surface area contributed by atoms with Crippen molar-refractivity contribution in [2.75, 3.05) is 0 Å². The van der Waals surface area contributed by atoms with Gasteiger partial charge in [0.15, 0.2) is 17.5 Å². The molecular formula is C14F18. The van der Waals surface area contributed by atoms with Crippen molar-refractivity contribution in [3.8, 4) is 0 Å². The van der Waals surface area contributed by atoms with Crippen LogP contribution in [-0.2, 0) is 0 Å². The Labute approximate surface area is 161 Å². The van der Waals surface area contributed by atoms with Crippen LogP contribution in [0.1, 0.15) is 0 Å². The van der Waals surface area contributed by atoms with Crippen molar-refractivity contribution in [2.24, 2.45) is 0 Å². The van der Waals surface area contributed by atoms with Gasteiger partial charge in [0.05, 0.1) is 11.1 Å². The fourth-order valence-electron chi connectivity index (χ4n) is 3.58. The molecule has 0 heterocycles. The molecule has 0 amide bonds. The molecule has 0 aromatic heterocycles. The van der Waals surface area contributed by atoms with E-state index in [1.54, 1.807) is 0 Å². The normalized spacial score (nSPS) is 38.4. The molecule has 1 fully saturated rings. The number of rotatable bonds is 0. The molecule has 0 N–H and O–H groups in total. The van der Waals surface area contributed by atoms with E-state index >= 15 is 8.78 Å². The molecule has 1 saturated carbocycles. The minimum Gasteiger partial charge on any atom is -0.227 e. The second-order valence-corrected chi connectivity index (χ2v) is 6.77. The van der Waals surface area contributed by atoms with E-state index in [2.05, 4.69) is 0 Å². The Bertz CT molecular complexity index is 1010.